The summed E-state index contributed by atoms with van der Waals surface area (Å²) in [5, 5.41) is 0. The van der Waals surface area contributed by atoms with Gasteiger partial charge in [-0.2, -0.15) is 0 Å². The van der Waals surface area contributed by atoms with Crippen LogP contribution in [-0.2, 0) is 12.8 Å². The lowest BCUT2D eigenvalue weighted by molar-refractivity contribution is 0.0986. The van der Waals surface area contributed by atoms with Crippen LogP contribution in [0.25, 0.3) is 0 Å². The highest BCUT2D eigenvalue weighted by molar-refractivity contribution is 6.05. The lowest BCUT2D eigenvalue weighted by Gasteiger charge is -2.23. The van der Waals surface area contributed by atoms with Gasteiger partial charge in [0.05, 0.1) is 5.56 Å². The zero-order valence-corrected chi connectivity index (χ0v) is 17.6. The monoisotopic (exact) mass is 440 g/mol. The summed E-state index contributed by atoms with van der Waals surface area (Å²) >= 11 is 0. The first-order valence-corrected chi connectivity index (χ1v) is 10.5. The summed E-state index contributed by atoms with van der Waals surface area (Å²) in [6.07, 6.45) is 2.57. The van der Waals surface area contributed by atoms with Crippen molar-refractivity contribution < 1.29 is 9.53 Å². The van der Waals surface area contributed by atoms with Crippen molar-refractivity contribution in [3.05, 3.63) is 116 Å². The van der Waals surface area contributed by atoms with E-state index in [1.165, 1.54) is 0 Å². The number of rotatable bonds is 5. The van der Waals surface area contributed by atoms with Crippen molar-refractivity contribution in [1.82, 2.24) is 15.0 Å². The van der Waals surface area contributed by atoms with Gasteiger partial charge < -0.3 is 4.74 Å². The van der Waals surface area contributed by atoms with Crippen LogP contribution in [0.3, 0.4) is 0 Å². The fourth-order valence-corrected chi connectivity index (χ4v) is 3.86. The normalized spacial score (nSPS) is 11.8. The van der Waals surface area contributed by atoms with E-state index in [0.29, 0.717) is 41.2 Å². The third-order valence-corrected chi connectivity index (χ3v) is 5.53. The molecule has 0 atom stereocenters. The molecule has 0 saturated carbocycles. The van der Waals surface area contributed by atoms with E-state index in [-0.39, 0.29) is 18.2 Å². The second kappa shape index (κ2) is 8.58. The van der Waals surface area contributed by atoms with Crippen LogP contribution in [0.2, 0.25) is 0 Å². The predicted octanol–water partition coefficient (Wildman–Crippen LogP) is 3.04. The number of pyridine rings is 1. The second-order valence-electron chi connectivity index (χ2n) is 7.70. The average molecular weight is 440 g/mol. The lowest BCUT2D eigenvalue weighted by atomic mass is 10.0. The number of benzene rings is 2. The standard InChI is InChI=1S/C25H20N4O4/c30-22-19-15-18-14-17(9-10-20(18)33-23(19)28-25(32)27-22)24(31)29(21-8-4-5-12-26-21)13-11-16-6-2-1-3-7-16/h1-10,12,14H,11,13,15H2,(H2,27,28,30,32). The number of hydrogen-bond donors (Lipinski definition) is 2. The van der Waals surface area contributed by atoms with Crippen molar-refractivity contribution in [3.8, 4) is 11.6 Å². The summed E-state index contributed by atoms with van der Waals surface area (Å²) in [5.41, 5.74) is 1.45. The van der Waals surface area contributed by atoms with E-state index >= 15 is 0 Å². The highest BCUT2D eigenvalue weighted by Crippen LogP contribution is 2.33. The van der Waals surface area contributed by atoms with Crippen LogP contribution in [0.4, 0.5) is 5.82 Å². The number of H-pyrrole nitrogens is 2. The molecule has 0 saturated heterocycles. The van der Waals surface area contributed by atoms with E-state index in [1.807, 2.05) is 36.4 Å². The van der Waals surface area contributed by atoms with Crippen molar-refractivity contribution in [2.24, 2.45) is 0 Å². The Kier molecular flexibility index (Phi) is 5.32. The Bertz CT molecular complexity index is 1430. The fourth-order valence-electron chi connectivity index (χ4n) is 3.86. The largest absolute Gasteiger partial charge is 0.440 e. The minimum atomic E-state index is -0.626. The first-order chi connectivity index (χ1) is 16.1. The van der Waals surface area contributed by atoms with E-state index in [2.05, 4.69) is 15.0 Å². The summed E-state index contributed by atoms with van der Waals surface area (Å²) < 4.78 is 5.71. The topological polar surface area (TPSA) is 108 Å². The molecule has 3 heterocycles. The van der Waals surface area contributed by atoms with Gasteiger partial charge in [-0.3, -0.25) is 24.5 Å². The van der Waals surface area contributed by atoms with Gasteiger partial charge in [-0.1, -0.05) is 36.4 Å². The first kappa shape index (κ1) is 20.4. The molecule has 0 spiro atoms. The van der Waals surface area contributed by atoms with Crippen molar-refractivity contribution in [3.63, 3.8) is 0 Å². The van der Waals surface area contributed by atoms with Crippen molar-refractivity contribution in [2.45, 2.75) is 12.8 Å². The Morgan fingerprint density at radius 2 is 1.82 bits per heavy atom. The number of fused-ring (bicyclic) bond motifs is 2. The molecule has 0 unspecified atom stereocenters. The molecule has 4 aromatic rings. The average Bonchev–Trinajstić information content (AvgIpc) is 2.84. The number of carbonyl (C=O) groups excluding carboxylic acids is 1. The number of nitrogens with one attached hydrogen (secondary N) is 2. The van der Waals surface area contributed by atoms with E-state index in [4.69, 9.17) is 4.74 Å². The minimum absolute atomic E-state index is 0.133. The predicted molar refractivity (Wildman–Crippen MR) is 123 cm³/mol. The van der Waals surface area contributed by atoms with Gasteiger partial charge in [0, 0.05) is 30.3 Å². The van der Waals surface area contributed by atoms with Gasteiger partial charge in [-0.05, 0) is 42.3 Å². The summed E-state index contributed by atoms with van der Waals surface area (Å²) in [4.78, 5) is 48.0. The lowest BCUT2D eigenvalue weighted by Crippen LogP contribution is -2.34. The van der Waals surface area contributed by atoms with Gasteiger partial charge in [0.1, 0.15) is 11.6 Å². The molecule has 8 nitrogen and oxygen atoms in total. The molecule has 2 aromatic heterocycles. The fraction of sp³-hybridized carbons (Fsp3) is 0.120. The second-order valence-corrected chi connectivity index (χ2v) is 7.70. The quantitative estimate of drug-likeness (QED) is 0.437. The zero-order chi connectivity index (χ0) is 22.8. The van der Waals surface area contributed by atoms with Crippen LogP contribution in [-0.4, -0.2) is 27.4 Å². The van der Waals surface area contributed by atoms with Crippen molar-refractivity contribution >= 4 is 11.7 Å². The van der Waals surface area contributed by atoms with Gasteiger partial charge >= 0.3 is 5.69 Å². The maximum atomic E-state index is 13.5. The third-order valence-electron chi connectivity index (χ3n) is 5.53. The molecule has 0 fully saturated rings. The Morgan fingerprint density at radius 1 is 1.00 bits per heavy atom. The molecule has 33 heavy (non-hydrogen) atoms. The number of carbonyl (C=O) groups is 1. The molecule has 2 aromatic carbocycles. The van der Waals surface area contributed by atoms with E-state index in [0.717, 1.165) is 5.56 Å². The molecule has 164 valence electrons. The van der Waals surface area contributed by atoms with Crippen LogP contribution in [0.5, 0.6) is 11.6 Å². The van der Waals surface area contributed by atoms with Crippen molar-refractivity contribution in [2.75, 3.05) is 11.4 Å². The summed E-state index contributed by atoms with van der Waals surface area (Å²) in [7, 11) is 0. The zero-order valence-electron chi connectivity index (χ0n) is 17.6. The molecule has 8 heteroatoms. The summed E-state index contributed by atoms with van der Waals surface area (Å²) in [5.74, 6) is 0.989. The molecule has 1 aliphatic rings. The molecular formula is C25H20N4O4. The number of aromatic amines is 2. The molecule has 0 radical (unpaired) electrons. The highest BCUT2D eigenvalue weighted by atomic mass is 16.5. The Balaban J connectivity index is 1.45. The third kappa shape index (κ3) is 4.18. The number of aromatic nitrogens is 3. The molecule has 2 N–H and O–H groups in total. The van der Waals surface area contributed by atoms with Crippen molar-refractivity contribution in [1.29, 1.82) is 0 Å². The Labute approximate surface area is 188 Å². The molecule has 0 bridgehead atoms. The van der Waals surface area contributed by atoms with Gasteiger partial charge in [0.25, 0.3) is 11.5 Å². The summed E-state index contributed by atoms with van der Waals surface area (Å²) in [6, 6.07) is 20.5. The van der Waals surface area contributed by atoms with E-state index in [9.17, 15) is 14.4 Å². The maximum absolute atomic E-state index is 13.5. The highest BCUT2D eigenvalue weighted by Gasteiger charge is 2.24. The molecule has 1 aliphatic heterocycles. The smallest absolute Gasteiger partial charge is 0.328 e. The first-order valence-electron chi connectivity index (χ1n) is 10.5. The molecule has 5 rings (SSSR count). The van der Waals surface area contributed by atoms with Gasteiger partial charge in [0.2, 0.25) is 5.88 Å². The van der Waals surface area contributed by atoms with Gasteiger partial charge in [0.15, 0.2) is 0 Å². The Hall–Kier alpha value is -4.46. The number of anilines is 1. The summed E-state index contributed by atoms with van der Waals surface area (Å²) in [6.45, 7) is 0.456. The van der Waals surface area contributed by atoms with Crippen LogP contribution >= 0.6 is 0 Å². The van der Waals surface area contributed by atoms with E-state index in [1.54, 1.807) is 41.4 Å². The number of nitrogens with zero attached hydrogens (tertiary/aromatic N) is 2. The maximum Gasteiger partial charge on any atom is 0.328 e. The van der Waals surface area contributed by atoms with Gasteiger partial charge in [-0.15, -0.1) is 0 Å². The number of ether oxygens (including phenoxy) is 1. The van der Waals surface area contributed by atoms with E-state index < -0.39 is 11.2 Å². The molecule has 0 aliphatic carbocycles. The number of hydrogen-bond acceptors (Lipinski definition) is 5. The van der Waals surface area contributed by atoms with Crippen LogP contribution in [0, 0.1) is 0 Å². The van der Waals surface area contributed by atoms with Crippen LogP contribution < -0.4 is 20.9 Å². The van der Waals surface area contributed by atoms with Gasteiger partial charge in [-0.25, -0.2) is 9.78 Å². The number of amides is 1. The Morgan fingerprint density at radius 3 is 2.61 bits per heavy atom. The SMILES string of the molecule is O=C(c1ccc2c(c1)Cc1c([nH]c(=O)[nH]c1=O)O2)N(CCc1ccccc1)c1ccccn1. The van der Waals surface area contributed by atoms with Crippen LogP contribution in [0.15, 0.2) is 82.5 Å². The molecular weight excluding hydrogens is 420 g/mol. The van der Waals surface area contributed by atoms with Crippen LogP contribution in [0.1, 0.15) is 27.0 Å². The molecule has 1 amide bonds. The minimum Gasteiger partial charge on any atom is -0.440 e.